The Bertz CT molecular complexity index is 460. The molecule has 0 fully saturated rings. The van der Waals surface area contributed by atoms with E-state index in [2.05, 4.69) is 63.5 Å². The Balaban J connectivity index is 1.91. The van der Waals surface area contributed by atoms with Crippen molar-refractivity contribution in [3.8, 4) is 0 Å². The number of benzene rings is 1. The van der Waals surface area contributed by atoms with Crippen molar-refractivity contribution in [2.24, 2.45) is 0 Å². The number of rotatable bonds is 17. The van der Waals surface area contributed by atoms with Crippen molar-refractivity contribution >= 4 is 0 Å². The van der Waals surface area contributed by atoms with Crippen LogP contribution in [0.2, 0.25) is 0 Å². The number of allylic oxidation sites excluding steroid dienone is 1. The second kappa shape index (κ2) is 15.9. The van der Waals surface area contributed by atoms with Crippen molar-refractivity contribution in [2.75, 3.05) is 20.6 Å². The Kier molecular flexibility index (Phi) is 14.1. The van der Waals surface area contributed by atoms with E-state index in [1.165, 1.54) is 89.0 Å². The Morgan fingerprint density at radius 3 is 1.74 bits per heavy atom. The molecule has 0 aliphatic carbocycles. The molecule has 0 aliphatic rings. The van der Waals surface area contributed by atoms with Gasteiger partial charge in [-0.25, -0.2) is 0 Å². The third-order valence-electron chi connectivity index (χ3n) is 5.44. The summed E-state index contributed by atoms with van der Waals surface area (Å²) in [5, 5.41) is 0. The van der Waals surface area contributed by atoms with Crippen LogP contribution in [-0.2, 0) is 6.54 Å². The Morgan fingerprint density at radius 2 is 1.19 bits per heavy atom. The van der Waals surface area contributed by atoms with Gasteiger partial charge in [0.15, 0.2) is 0 Å². The lowest BCUT2D eigenvalue weighted by Crippen LogP contribution is -2.38. The number of quaternary nitrogens is 1. The Morgan fingerprint density at radius 1 is 0.667 bits per heavy atom. The van der Waals surface area contributed by atoms with E-state index in [1.807, 2.05) is 0 Å². The van der Waals surface area contributed by atoms with Crippen LogP contribution in [0.15, 0.2) is 42.5 Å². The molecule has 1 aromatic carbocycles. The summed E-state index contributed by atoms with van der Waals surface area (Å²) >= 11 is 0. The first-order valence-corrected chi connectivity index (χ1v) is 11.6. The predicted molar refractivity (Wildman–Crippen MR) is 122 cm³/mol. The van der Waals surface area contributed by atoms with Crippen LogP contribution in [0.25, 0.3) is 0 Å². The number of likely N-dealkylation sites (N-methyl/N-ethyl adjacent to an activating group) is 1. The summed E-state index contributed by atoms with van der Waals surface area (Å²) in [6, 6.07) is 10.8. The number of nitrogens with zero attached hydrogens (tertiary/aromatic N) is 1. The fourth-order valence-electron chi connectivity index (χ4n) is 3.72. The summed E-state index contributed by atoms with van der Waals surface area (Å²) in [6.45, 7) is 4.51. The summed E-state index contributed by atoms with van der Waals surface area (Å²) in [7, 11) is 4.64. The van der Waals surface area contributed by atoms with E-state index in [0.29, 0.717) is 0 Å². The van der Waals surface area contributed by atoms with Crippen molar-refractivity contribution in [1.82, 2.24) is 0 Å². The highest BCUT2D eigenvalue weighted by atomic mass is 15.3. The molecule has 0 aromatic heterocycles. The molecule has 0 amide bonds. The van der Waals surface area contributed by atoms with Crippen LogP contribution in [0.1, 0.15) is 96.0 Å². The van der Waals surface area contributed by atoms with Crippen LogP contribution in [0, 0.1) is 0 Å². The molecule has 0 aliphatic heterocycles. The first-order valence-electron chi connectivity index (χ1n) is 11.6. The molecule has 1 aromatic rings. The van der Waals surface area contributed by atoms with E-state index < -0.39 is 0 Å². The molecule has 0 saturated carbocycles. The van der Waals surface area contributed by atoms with Gasteiger partial charge >= 0.3 is 0 Å². The van der Waals surface area contributed by atoms with Gasteiger partial charge in [0.25, 0.3) is 0 Å². The lowest BCUT2D eigenvalue weighted by atomic mass is 10.0. The van der Waals surface area contributed by atoms with Gasteiger partial charge in [-0.05, 0) is 18.9 Å². The van der Waals surface area contributed by atoms with Crippen molar-refractivity contribution in [2.45, 2.75) is 96.9 Å². The smallest absolute Gasteiger partial charge is 0.104 e. The molecule has 0 saturated heterocycles. The third kappa shape index (κ3) is 14.6. The standard InChI is InChI=1S/C26H46N/c1-4-5-6-7-8-9-10-11-12-13-14-15-16-17-21-24-27(2,3)25-26-22-19-18-20-23-26/h17-23H,4-16,24-25H2,1-3H3/q+1. The lowest BCUT2D eigenvalue weighted by Gasteiger charge is -2.28. The summed E-state index contributed by atoms with van der Waals surface area (Å²) < 4.78 is 1.03. The van der Waals surface area contributed by atoms with Crippen LogP contribution < -0.4 is 0 Å². The highest BCUT2D eigenvalue weighted by molar-refractivity contribution is 5.13. The van der Waals surface area contributed by atoms with Gasteiger partial charge in [0.1, 0.15) is 6.54 Å². The number of unbranched alkanes of at least 4 members (excludes halogenated alkanes) is 12. The van der Waals surface area contributed by atoms with Gasteiger partial charge in [-0.2, -0.15) is 0 Å². The molecular weight excluding hydrogens is 326 g/mol. The minimum Gasteiger partial charge on any atom is -0.321 e. The summed E-state index contributed by atoms with van der Waals surface area (Å²) in [6.07, 6.45) is 23.2. The minimum atomic E-state index is 1.03. The highest BCUT2D eigenvalue weighted by Crippen LogP contribution is 2.13. The minimum absolute atomic E-state index is 1.03. The van der Waals surface area contributed by atoms with Crippen molar-refractivity contribution in [1.29, 1.82) is 0 Å². The van der Waals surface area contributed by atoms with E-state index in [1.54, 1.807) is 0 Å². The molecule has 27 heavy (non-hydrogen) atoms. The molecule has 0 spiro atoms. The van der Waals surface area contributed by atoms with E-state index >= 15 is 0 Å². The SMILES string of the molecule is CCCCCCCCCCCCCCC=CC[N+](C)(C)Cc1ccccc1. The fourth-order valence-corrected chi connectivity index (χ4v) is 3.72. The highest BCUT2D eigenvalue weighted by Gasteiger charge is 2.13. The first kappa shape index (κ1) is 24.0. The van der Waals surface area contributed by atoms with Crippen LogP contribution in [-0.4, -0.2) is 25.1 Å². The van der Waals surface area contributed by atoms with Crippen LogP contribution in [0.3, 0.4) is 0 Å². The lowest BCUT2D eigenvalue weighted by molar-refractivity contribution is -0.897. The number of hydrogen-bond donors (Lipinski definition) is 0. The zero-order chi connectivity index (χ0) is 19.6. The van der Waals surface area contributed by atoms with Gasteiger partial charge in [0.2, 0.25) is 0 Å². The largest absolute Gasteiger partial charge is 0.321 e. The van der Waals surface area contributed by atoms with Gasteiger partial charge < -0.3 is 4.48 Å². The van der Waals surface area contributed by atoms with E-state index in [9.17, 15) is 0 Å². The maximum atomic E-state index is 2.40. The molecule has 1 heteroatoms. The average molecular weight is 373 g/mol. The monoisotopic (exact) mass is 372 g/mol. The average Bonchev–Trinajstić information content (AvgIpc) is 2.65. The molecule has 0 atom stereocenters. The van der Waals surface area contributed by atoms with Crippen molar-refractivity contribution < 1.29 is 4.48 Å². The van der Waals surface area contributed by atoms with E-state index in [4.69, 9.17) is 0 Å². The summed E-state index contributed by atoms with van der Waals surface area (Å²) in [5.74, 6) is 0. The normalized spacial score (nSPS) is 12.1. The van der Waals surface area contributed by atoms with Gasteiger partial charge in [-0.3, -0.25) is 0 Å². The Labute approximate surface area is 170 Å². The van der Waals surface area contributed by atoms with E-state index in [0.717, 1.165) is 17.6 Å². The second-order valence-electron chi connectivity index (χ2n) is 8.91. The fraction of sp³-hybridized carbons (Fsp3) is 0.692. The topological polar surface area (TPSA) is 0 Å². The maximum absolute atomic E-state index is 2.40. The van der Waals surface area contributed by atoms with Crippen LogP contribution >= 0.6 is 0 Å². The van der Waals surface area contributed by atoms with Crippen molar-refractivity contribution in [3.63, 3.8) is 0 Å². The second-order valence-corrected chi connectivity index (χ2v) is 8.91. The molecule has 0 unspecified atom stereocenters. The third-order valence-corrected chi connectivity index (χ3v) is 5.44. The van der Waals surface area contributed by atoms with Gasteiger partial charge in [-0.1, -0.05) is 114 Å². The molecule has 0 radical (unpaired) electrons. The zero-order valence-corrected chi connectivity index (χ0v) is 18.6. The van der Waals surface area contributed by atoms with Gasteiger partial charge in [-0.15, -0.1) is 0 Å². The first-order chi connectivity index (χ1) is 13.1. The molecule has 0 N–H and O–H groups in total. The summed E-state index contributed by atoms with van der Waals surface area (Å²) in [5.41, 5.74) is 1.43. The van der Waals surface area contributed by atoms with Crippen molar-refractivity contribution in [3.05, 3.63) is 48.0 Å². The van der Waals surface area contributed by atoms with Gasteiger partial charge in [0, 0.05) is 5.56 Å². The van der Waals surface area contributed by atoms with E-state index in [-0.39, 0.29) is 0 Å². The zero-order valence-electron chi connectivity index (χ0n) is 18.6. The molecule has 154 valence electrons. The Hall–Kier alpha value is -1.08. The molecule has 0 heterocycles. The molecule has 1 nitrogen and oxygen atoms in total. The van der Waals surface area contributed by atoms with Crippen LogP contribution in [0.5, 0.6) is 0 Å². The van der Waals surface area contributed by atoms with Gasteiger partial charge in [0.05, 0.1) is 20.6 Å². The van der Waals surface area contributed by atoms with Crippen LogP contribution in [0.4, 0.5) is 0 Å². The molecule has 1 rings (SSSR count). The quantitative estimate of drug-likeness (QED) is 0.148. The maximum Gasteiger partial charge on any atom is 0.104 e. The predicted octanol–water partition coefficient (Wildman–Crippen LogP) is 7.91. The molecule has 0 bridgehead atoms. The molecular formula is C26H46N+. The summed E-state index contributed by atoms with van der Waals surface area (Å²) in [4.78, 5) is 0. The number of hydrogen-bond acceptors (Lipinski definition) is 0.